The number of benzene rings is 1. The topological polar surface area (TPSA) is 59.2 Å². The van der Waals surface area contributed by atoms with Gasteiger partial charge in [0, 0.05) is 36.7 Å². The van der Waals surface area contributed by atoms with Crippen LogP contribution in [-0.4, -0.2) is 28.9 Å². The third-order valence-corrected chi connectivity index (χ3v) is 5.88. The molecule has 0 unspecified atom stereocenters. The van der Waals surface area contributed by atoms with Gasteiger partial charge in [0.25, 0.3) is 5.91 Å². The van der Waals surface area contributed by atoms with E-state index in [2.05, 4.69) is 29.3 Å². The van der Waals surface area contributed by atoms with Gasteiger partial charge in [-0.05, 0) is 79.8 Å². The van der Waals surface area contributed by atoms with E-state index in [1.165, 1.54) is 29.5 Å². The largest absolute Gasteiger partial charge is 0.398 e. The van der Waals surface area contributed by atoms with Crippen LogP contribution in [0.3, 0.4) is 0 Å². The molecular weight excluding hydrogens is 334 g/mol. The Morgan fingerprint density at radius 2 is 2.00 bits per heavy atom. The predicted molar refractivity (Wildman–Crippen MR) is 109 cm³/mol. The number of amides is 1. The fourth-order valence-corrected chi connectivity index (χ4v) is 4.28. The van der Waals surface area contributed by atoms with Crippen molar-refractivity contribution >= 4 is 17.2 Å². The van der Waals surface area contributed by atoms with Crippen LogP contribution in [0.2, 0.25) is 0 Å². The van der Waals surface area contributed by atoms with Gasteiger partial charge in [-0.1, -0.05) is 12.1 Å². The second-order valence-corrected chi connectivity index (χ2v) is 7.63. The van der Waals surface area contributed by atoms with Gasteiger partial charge in [-0.2, -0.15) is 0 Å². The summed E-state index contributed by atoms with van der Waals surface area (Å²) in [5.74, 6) is 0.582. The fraction of sp³-hybridized carbons (Fsp3) is 0.391. The summed E-state index contributed by atoms with van der Waals surface area (Å²) in [6.07, 6.45) is 12.5. The Kier molecular flexibility index (Phi) is 5.23. The van der Waals surface area contributed by atoms with Gasteiger partial charge in [-0.25, -0.2) is 0 Å². The molecule has 140 valence electrons. The molecule has 0 radical (unpaired) electrons. The second kappa shape index (κ2) is 7.95. The smallest absolute Gasteiger partial charge is 0.255 e. The molecule has 0 bridgehead atoms. The molecular formula is C23H27N3O. The Morgan fingerprint density at radius 1 is 1.15 bits per heavy atom. The highest BCUT2D eigenvalue weighted by molar-refractivity contribution is 5.93. The highest BCUT2D eigenvalue weighted by Crippen LogP contribution is 2.35. The van der Waals surface area contributed by atoms with Gasteiger partial charge in [-0.15, -0.1) is 0 Å². The second-order valence-electron chi connectivity index (χ2n) is 7.63. The zero-order chi connectivity index (χ0) is 18.6. The van der Waals surface area contributed by atoms with Crippen LogP contribution in [0.5, 0.6) is 0 Å². The summed E-state index contributed by atoms with van der Waals surface area (Å²) in [5, 5.41) is 0. The summed E-state index contributed by atoms with van der Waals surface area (Å²) in [5.41, 5.74) is 11.8. The molecule has 0 saturated carbocycles. The van der Waals surface area contributed by atoms with Crippen LogP contribution in [0.25, 0.3) is 5.57 Å². The molecule has 1 aromatic carbocycles. The van der Waals surface area contributed by atoms with Gasteiger partial charge in [0.15, 0.2) is 0 Å². The quantitative estimate of drug-likeness (QED) is 0.810. The van der Waals surface area contributed by atoms with E-state index in [4.69, 9.17) is 5.73 Å². The minimum atomic E-state index is 0.0897. The van der Waals surface area contributed by atoms with E-state index in [1.807, 2.05) is 17.0 Å². The number of pyridine rings is 1. The van der Waals surface area contributed by atoms with Crippen LogP contribution < -0.4 is 5.73 Å². The number of rotatable bonds is 3. The number of carbonyl (C=O) groups is 1. The first-order valence-electron chi connectivity index (χ1n) is 10.0. The van der Waals surface area contributed by atoms with Crippen molar-refractivity contribution in [3.05, 3.63) is 65.5 Å². The number of hydrogen-bond acceptors (Lipinski definition) is 3. The number of nitrogen functional groups attached to an aromatic ring is 1. The molecule has 0 atom stereocenters. The summed E-state index contributed by atoms with van der Waals surface area (Å²) >= 11 is 0. The normalized spacial score (nSPS) is 18.2. The molecule has 4 heteroatoms. The molecule has 2 aliphatic rings. The number of likely N-dealkylation sites (tertiary alicyclic amines) is 1. The average molecular weight is 361 g/mol. The molecule has 27 heavy (non-hydrogen) atoms. The van der Waals surface area contributed by atoms with E-state index in [1.54, 1.807) is 12.4 Å². The number of nitrogens with zero attached hydrogens (tertiary/aromatic N) is 2. The van der Waals surface area contributed by atoms with E-state index >= 15 is 0 Å². The minimum absolute atomic E-state index is 0.0897. The number of hydrogen-bond donors (Lipinski definition) is 1. The molecule has 2 aromatic rings. The highest BCUT2D eigenvalue weighted by atomic mass is 16.2. The van der Waals surface area contributed by atoms with Gasteiger partial charge in [0.2, 0.25) is 0 Å². The Morgan fingerprint density at radius 3 is 2.70 bits per heavy atom. The summed E-state index contributed by atoms with van der Waals surface area (Å²) in [6.45, 7) is 1.58. The lowest BCUT2D eigenvalue weighted by Gasteiger charge is -2.32. The Balaban J connectivity index is 1.45. The zero-order valence-corrected chi connectivity index (χ0v) is 15.7. The summed E-state index contributed by atoms with van der Waals surface area (Å²) in [4.78, 5) is 18.6. The van der Waals surface area contributed by atoms with Crippen LogP contribution in [0.4, 0.5) is 5.69 Å². The molecule has 1 fully saturated rings. The molecule has 0 spiro atoms. The molecule has 1 aliphatic heterocycles. The van der Waals surface area contributed by atoms with E-state index in [-0.39, 0.29) is 5.91 Å². The maximum absolute atomic E-state index is 12.6. The third-order valence-electron chi connectivity index (χ3n) is 5.88. The van der Waals surface area contributed by atoms with Crippen LogP contribution >= 0.6 is 0 Å². The van der Waals surface area contributed by atoms with E-state index < -0.39 is 0 Å². The van der Waals surface area contributed by atoms with E-state index in [0.29, 0.717) is 11.5 Å². The average Bonchev–Trinajstić information content (AvgIpc) is 2.75. The number of carbonyl (C=O) groups excluding carboxylic acids is 1. The van der Waals surface area contributed by atoms with Crippen LogP contribution in [0.15, 0.2) is 48.8 Å². The zero-order valence-electron chi connectivity index (χ0n) is 15.7. The number of piperidine rings is 1. The lowest BCUT2D eigenvalue weighted by Crippen LogP contribution is -2.38. The molecule has 4 rings (SSSR count). The van der Waals surface area contributed by atoms with Crippen LogP contribution in [0.1, 0.15) is 65.9 Å². The lowest BCUT2D eigenvalue weighted by molar-refractivity contribution is 0.0712. The van der Waals surface area contributed by atoms with Crippen molar-refractivity contribution in [1.29, 1.82) is 0 Å². The number of nitrogens with two attached hydrogens (primary N) is 1. The van der Waals surface area contributed by atoms with Gasteiger partial charge >= 0.3 is 0 Å². The van der Waals surface area contributed by atoms with Crippen molar-refractivity contribution in [1.82, 2.24) is 9.88 Å². The molecule has 1 amide bonds. The Bertz CT molecular complexity index is 836. The minimum Gasteiger partial charge on any atom is -0.398 e. The summed E-state index contributed by atoms with van der Waals surface area (Å²) in [7, 11) is 0. The van der Waals surface area contributed by atoms with Gasteiger partial charge in [0.1, 0.15) is 0 Å². The van der Waals surface area contributed by atoms with Gasteiger partial charge < -0.3 is 10.6 Å². The third kappa shape index (κ3) is 3.90. The van der Waals surface area contributed by atoms with Crippen molar-refractivity contribution in [2.24, 2.45) is 0 Å². The molecule has 1 saturated heterocycles. The Hall–Kier alpha value is -2.62. The van der Waals surface area contributed by atoms with E-state index in [9.17, 15) is 4.79 Å². The maximum atomic E-state index is 12.6. The van der Waals surface area contributed by atoms with E-state index in [0.717, 1.165) is 44.5 Å². The summed E-state index contributed by atoms with van der Waals surface area (Å²) in [6, 6.07) is 10.2. The molecule has 4 nitrogen and oxygen atoms in total. The van der Waals surface area contributed by atoms with Crippen LogP contribution in [-0.2, 0) is 0 Å². The van der Waals surface area contributed by atoms with Crippen molar-refractivity contribution in [2.45, 2.75) is 44.4 Å². The van der Waals surface area contributed by atoms with Gasteiger partial charge in [-0.3, -0.25) is 9.78 Å². The lowest BCUT2D eigenvalue weighted by atomic mass is 9.85. The van der Waals surface area contributed by atoms with Crippen molar-refractivity contribution in [3.8, 4) is 0 Å². The fourth-order valence-electron chi connectivity index (χ4n) is 4.28. The maximum Gasteiger partial charge on any atom is 0.255 e. The first-order valence-corrected chi connectivity index (χ1v) is 10.0. The standard InChI is InChI=1S/C23H27N3O/c24-22-9-8-19(15-21(22)18-5-2-1-3-6-18)17-10-13-26(14-11-17)23(27)20-7-4-12-25-16-20/h4-5,7-9,12,15-17H,1-3,6,10-11,13-14,24H2. The monoisotopic (exact) mass is 361 g/mol. The highest BCUT2D eigenvalue weighted by Gasteiger charge is 2.25. The molecule has 2 heterocycles. The van der Waals surface area contributed by atoms with Crippen molar-refractivity contribution in [3.63, 3.8) is 0 Å². The predicted octanol–water partition coefficient (Wildman–Crippen LogP) is 4.64. The van der Waals surface area contributed by atoms with Crippen molar-refractivity contribution in [2.75, 3.05) is 18.8 Å². The number of allylic oxidation sites excluding steroid dienone is 2. The molecule has 1 aromatic heterocycles. The number of aromatic nitrogens is 1. The SMILES string of the molecule is Nc1ccc(C2CCN(C(=O)c3cccnc3)CC2)cc1C1=CCCCC1. The molecule has 2 N–H and O–H groups in total. The summed E-state index contributed by atoms with van der Waals surface area (Å²) < 4.78 is 0. The number of anilines is 1. The first kappa shape index (κ1) is 17.8. The molecule has 1 aliphatic carbocycles. The first-order chi connectivity index (χ1) is 13.2. The Labute approximate surface area is 161 Å². The van der Waals surface area contributed by atoms with Crippen LogP contribution in [0, 0.1) is 0 Å². The van der Waals surface area contributed by atoms with Crippen molar-refractivity contribution < 1.29 is 4.79 Å². The van der Waals surface area contributed by atoms with Gasteiger partial charge in [0.05, 0.1) is 5.56 Å².